The van der Waals surface area contributed by atoms with Crippen LogP contribution in [-0.4, -0.2) is 39.7 Å². The van der Waals surface area contributed by atoms with Gasteiger partial charge in [-0.2, -0.15) is 10.1 Å². The maximum Gasteiger partial charge on any atom is 0.280 e. The van der Waals surface area contributed by atoms with Gasteiger partial charge >= 0.3 is 0 Å². The number of anilines is 2. The van der Waals surface area contributed by atoms with Gasteiger partial charge in [-0.25, -0.2) is 13.4 Å². The number of para-hydroxylation sites is 1. The second-order valence-electron chi connectivity index (χ2n) is 8.04. The quantitative estimate of drug-likeness (QED) is 0.191. The molecule has 0 saturated carbocycles. The minimum absolute atomic E-state index is 0.0538. The van der Waals surface area contributed by atoms with Gasteiger partial charge in [-0.1, -0.05) is 29.5 Å². The van der Waals surface area contributed by atoms with Crippen LogP contribution in [0.4, 0.5) is 10.8 Å². The van der Waals surface area contributed by atoms with Crippen LogP contribution >= 0.6 is 11.3 Å². The second-order valence-corrected chi connectivity index (χ2v) is 11.0. The highest BCUT2D eigenvalue weighted by Gasteiger charge is 2.24. The Morgan fingerprint density at radius 2 is 1.79 bits per heavy atom. The van der Waals surface area contributed by atoms with Crippen molar-refractivity contribution >= 4 is 54.5 Å². The molecule has 11 heteroatoms. The Balaban J connectivity index is 1.47. The Morgan fingerprint density at radius 3 is 2.47 bits per heavy atom. The number of amides is 1. The SMILES string of the molecule is COc1ccc2nc(N(/N=C/c3ccco3)C(=O)c3ccc(S(=O)(=O)N(C)c4ccccc4)cc3)sc2c1. The number of methoxy groups -OCH3 is 1. The lowest BCUT2D eigenvalue weighted by Crippen LogP contribution is -2.27. The van der Waals surface area contributed by atoms with Crippen molar-refractivity contribution in [2.75, 3.05) is 23.5 Å². The van der Waals surface area contributed by atoms with E-state index >= 15 is 0 Å². The van der Waals surface area contributed by atoms with Crippen molar-refractivity contribution in [2.45, 2.75) is 4.90 Å². The predicted octanol–water partition coefficient (Wildman–Crippen LogP) is 5.40. The molecule has 2 heterocycles. The van der Waals surface area contributed by atoms with Crippen molar-refractivity contribution in [3.8, 4) is 5.75 Å². The zero-order valence-corrected chi connectivity index (χ0v) is 22.0. The summed E-state index contributed by atoms with van der Waals surface area (Å²) in [4.78, 5) is 18.2. The molecule has 0 unspecified atom stereocenters. The van der Waals surface area contributed by atoms with Crippen LogP contribution in [0, 0.1) is 0 Å². The third-order valence-electron chi connectivity index (χ3n) is 5.68. The molecular weight excluding hydrogens is 524 g/mol. The third-order valence-corrected chi connectivity index (χ3v) is 8.47. The number of fused-ring (bicyclic) bond motifs is 1. The van der Waals surface area contributed by atoms with Gasteiger partial charge in [-0.05, 0) is 66.7 Å². The van der Waals surface area contributed by atoms with E-state index in [1.807, 2.05) is 12.1 Å². The number of carbonyl (C=O) groups excluding carboxylic acids is 1. The Morgan fingerprint density at radius 1 is 1.03 bits per heavy atom. The summed E-state index contributed by atoms with van der Waals surface area (Å²) in [5, 5.41) is 5.85. The topological polar surface area (TPSA) is 105 Å². The maximum absolute atomic E-state index is 13.6. The normalized spacial score (nSPS) is 11.6. The summed E-state index contributed by atoms with van der Waals surface area (Å²) in [6.45, 7) is 0. The molecule has 0 bridgehead atoms. The summed E-state index contributed by atoms with van der Waals surface area (Å²) in [5.74, 6) is 0.636. The van der Waals surface area contributed by atoms with Crippen molar-refractivity contribution < 1.29 is 22.4 Å². The van der Waals surface area contributed by atoms with Crippen LogP contribution in [-0.2, 0) is 10.0 Å². The standard InChI is InChI=1S/C27H22N4O5S2/c1-30(20-7-4-3-5-8-20)38(33,34)23-13-10-19(11-14-23)26(32)31(28-18-22-9-6-16-36-22)27-29-24-15-12-21(35-2)17-25(24)37-27/h3-18H,1-2H3/b28-18+. The fraction of sp³-hybridized carbons (Fsp3) is 0.0741. The van der Waals surface area contributed by atoms with E-state index in [2.05, 4.69) is 10.1 Å². The summed E-state index contributed by atoms with van der Waals surface area (Å²) < 4.78 is 38.9. The number of carbonyl (C=O) groups is 1. The van der Waals surface area contributed by atoms with Crippen LogP contribution in [0.5, 0.6) is 5.75 Å². The van der Waals surface area contributed by atoms with E-state index in [1.165, 1.54) is 64.4 Å². The molecule has 38 heavy (non-hydrogen) atoms. The van der Waals surface area contributed by atoms with Crippen LogP contribution in [0.15, 0.2) is 106 Å². The zero-order valence-electron chi connectivity index (χ0n) is 20.4. The molecule has 0 atom stereocenters. The van der Waals surface area contributed by atoms with Gasteiger partial charge in [0.15, 0.2) is 0 Å². The lowest BCUT2D eigenvalue weighted by atomic mass is 10.2. The van der Waals surface area contributed by atoms with E-state index in [0.717, 1.165) is 4.70 Å². The van der Waals surface area contributed by atoms with Gasteiger partial charge in [-0.3, -0.25) is 9.10 Å². The van der Waals surface area contributed by atoms with Crippen molar-refractivity contribution in [1.29, 1.82) is 0 Å². The van der Waals surface area contributed by atoms with E-state index in [-0.39, 0.29) is 10.5 Å². The summed E-state index contributed by atoms with van der Waals surface area (Å²) >= 11 is 1.27. The zero-order chi connectivity index (χ0) is 26.7. The number of benzene rings is 3. The highest BCUT2D eigenvalue weighted by Crippen LogP contribution is 2.32. The first kappa shape index (κ1) is 25.2. The molecule has 0 aliphatic heterocycles. The lowest BCUT2D eigenvalue weighted by molar-refractivity contribution is 0.0987. The van der Waals surface area contributed by atoms with Crippen molar-refractivity contribution in [3.63, 3.8) is 0 Å². The molecule has 9 nitrogen and oxygen atoms in total. The molecule has 0 fully saturated rings. The van der Waals surface area contributed by atoms with Gasteiger partial charge in [0.05, 0.1) is 40.4 Å². The highest BCUT2D eigenvalue weighted by atomic mass is 32.2. The minimum Gasteiger partial charge on any atom is -0.497 e. The number of hydrogen-bond donors (Lipinski definition) is 0. The summed E-state index contributed by atoms with van der Waals surface area (Å²) in [7, 11) is -0.766. The summed E-state index contributed by atoms with van der Waals surface area (Å²) in [6, 6.07) is 23.3. The number of thiazole rings is 1. The van der Waals surface area contributed by atoms with Gasteiger partial charge in [-0.15, -0.1) is 0 Å². The number of nitrogens with zero attached hydrogens (tertiary/aromatic N) is 4. The van der Waals surface area contributed by atoms with Gasteiger partial charge in [0.1, 0.15) is 11.5 Å². The molecule has 0 radical (unpaired) electrons. The number of aromatic nitrogens is 1. The molecular formula is C27H22N4O5S2. The first-order chi connectivity index (χ1) is 18.4. The Bertz CT molecular complexity index is 1700. The molecule has 1 amide bonds. The molecule has 0 spiro atoms. The summed E-state index contributed by atoms with van der Waals surface area (Å²) in [6.07, 6.45) is 2.92. The predicted molar refractivity (Wildman–Crippen MR) is 148 cm³/mol. The number of ether oxygens (including phenoxy) is 1. The van der Waals surface area contributed by atoms with Gasteiger partial charge in [0, 0.05) is 12.6 Å². The monoisotopic (exact) mass is 546 g/mol. The summed E-state index contributed by atoms with van der Waals surface area (Å²) in [5.41, 5.74) is 1.44. The first-order valence-electron chi connectivity index (χ1n) is 11.4. The van der Waals surface area contributed by atoms with Crippen LogP contribution in [0.3, 0.4) is 0 Å². The van der Waals surface area contributed by atoms with Gasteiger partial charge < -0.3 is 9.15 Å². The average Bonchev–Trinajstić information content (AvgIpc) is 3.62. The first-order valence-corrected chi connectivity index (χ1v) is 13.6. The average molecular weight is 547 g/mol. The molecule has 0 saturated heterocycles. The third kappa shape index (κ3) is 5.01. The Hall–Kier alpha value is -4.48. The number of hydrazone groups is 1. The molecule has 0 N–H and O–H groups in total. The number of rotatable bonds is 8. The molecule has 5 rings (SSSR count). The molecule has 2 aromatic heterocycles. The van der Waals surface area contributed by atoms with E-state index in [1.54, 1.807) is 55.6 Å². The smallest absolute Gasteiger partial charge is 0.280 e. The Kier molecular flexibility index (Phi) is 6.95. The minimum atomic E-state index is -3.83. The Labute approximate surface area is 223 Å². The lowest BCUT2D eigenvalue weighted by Gasteiger charge is -2.19. The van der Waals surface area contributed by atoms with Gasteiger partial charge in [0.25, 0.3) is 15.9 Å². The fourth-order valence-electron chi connectivity index (χ4n) is 3.60. The molecule has 0 aliphatic rings. The maximum atomic E-state index is 13.6. The number of furan rings is 1. The largest absolute Gasteiger partial charge is 0.497 e. The molecule has 192 valence electrons. The fourth-order valence-corrected chi connectivity index (χ4v) is 5.75. The van der Waals surface area contributed by atoms with Crippen molar-refractivity contribution in [2.24, 2.45) is 5.10 Å². The molecule has 0 aliphatic carbocycles. The number of sulfonamides is 1. The van der Waals surface area contributed by atoms with Crippen molar-refractivity contribution in [3.05, 3.63) is 103 Å². The van der Waals surface area contributed by atoms with E-state index in [4.69, 9.17) is 9.15 Å². The molecule has 5 aromatic rings. The van der Waals surface area contributed by atoms with Crippen molar-refractivity contribution in [1.82, 2.24) is 4.98 Å². The van der Waals surface area contributed by atoms with Crippen LogP contribution in [0.2, 0.25) is 0 Å². The van der Waals surface area contributed by atoms with E-state index in [0.29, 0.717) is 27.8 Å². The number of hydrogen-bond acceptors (Lipinski definition) is 8. The highest BCUT2D eigenvalue weighted by molar-refractivity contribution is 7.92. The van der Waals surface area contributed by atoms with Crippen LogP contribution < -0.4 is 14.1 Å². The molecule has 3 aromatic carbocycles. The van der Waals surface area contributed by atoms with Crippen LogP contribution in [0.1, 0.15) is 16.1 Å². The van der Waals surface area contributed by atoms with E-state index < -0.39 is 15.9 Å². The van der Waals surface area contributed by atoms with E-state index in [9.17, 15) is 13.2 Å². The second kappa shape index (κ2) is 10.5. The van der Waals surface area contributed by atoms with Crippen LogP contribution in [0.25, 0.3) is 10.2 Å². The van der Waals surface area contributed by atoms with Gasteiger partial charge in [0.2, 0.25) is 5.13 Å².